The normalized spacial score (nSPS) is 18.6. The minimum Gasteiger partial charge on any atom is -0.395 e. The molecule has 1 aromatic rings. The van der Waals surface area contributed by atoms with E-state index in [0.717, 1.165) is 13.0 Å². The largest absolute Gasteiger partial charge is 0.395 e. The average Bonchev–Trinajstić information content (AvgIpc) is 2.65. The van der Waals surface area contributed by atoms with Gasteiger partial charge in [0.25, 0.3) is 0 Å². The predicted octanol–water partition coefficient (Wildman–Crippen LogP) is 0.823. The van der Waals surface area contributed by atoms with Crippen LogP contribution in [0.3, 0.4) is 0 Å². The van der Waals surface area contributed by atoms with E-state index in [9.17, 15) is 12.8 Å². The van der Waals surface area contributed by atoms with Gasteiger partial charge in [0, 0.05) is 26.2 Å². The van der Waals surface area contributed by atoms with Gasteiger partial charge in [0.05, 0.1) is 11.5 Å². The zero-order valence-electron chi connectivity index (χ0n) is 12.1. The molecule has 0 atom stereocenters. The monoisotopic (exact) mass is 316 g/mol. The standard InChI is InChI=1S/C14H21FN2O3S/c1-12-11-13(15)3-4-14(12)21(19,20)17-6-2-5-16(7-8-17)9-10-18/h3-4,11,18H,2,5-10H2,1H3. The van der Waals surface area contributed by atoms with Crippen LogP contribution < -0.4 is 0 Å². The lowest BCUT2D eigenvalue weighted by molar-refractivity contribution is 0.202. The number of hydrogen-bond donors (Lipinski definition) is 1. The van der Waals surface area contributed by atoms with Gasteiger partial charge in [0.2, 0.25) is 10.0 Å². The van der Waals surface area contributed by atoms with E-state index in [0.29, 0.717) is 31.7 Å². The van der Waals surface area contributed by atoms with Gasteiger partial charge in [-0.15, -0.1) is 0 Å². The Morgan fingerprint density at radius 3 is 2.67 bits per heavy atom. The van der Waals surface area contributed by atoms with Crippen LogP contribution in [-0.2, 0) is 10.0 Å². The minimum absolute atomic E-state index is 0.0732. The van der Waals surface area contributed by atoms with Crippen LogP contribution in [0.4, 0.5) is 4.39 Å². The summed E-state index contributed by atoms with van der Waals surface area (Å²) in [5.74, 6) is -0.434. The first-order chi connectivity index (χ1) is 9.95. The van der Waals surface area contributed by atoms with Gasteiger partial charge in [0.1, 0.15) is 5.82 Å². The van der Waals surface area contributed by atoms with Crippen LogP contribution in [-0.4, -0.2) is 62.1 Å². The first-order valence-electron chi connectivity index (χ1n) is 7.04. The number of sulfonamides is 1. The molecule has 0 amide bonds. The summed E-state index contributed by atoms with van der Waals surface area (Å²) >= 11 is 0. The van der Waals surface area contributed by atoms with Gasteiger partial charge < -0.3 is 5.11 Å². The zero-order chi connectivity index (χ0) is 15.5. The Morgan fingerprint density at radius 1 is 1.24 bits per heavy atom. The van der Waals surface area contributed by atoms with E-state index in [2.05, 4.69) is 0 Å². The smallest absolute Gasteiger partial charge is 0.243 e. The lowest BCUT2D eigenvalue weighted by Gasteiger charge is -2.22. The quantitative estimate of drug-likeness (QED) is 0.893. The number of aliphatic hydroxyl groups is 1. The molecule has 1 aliphatic heterocycles. The average molecular weight is 316 g/mol. The third kappa shape index (κ3) is 3.79. The zero-order valence-corrected chi connectivity index (χ0v) is 12.9. The van der Waals surface area contributed by atoms with Crippen molar-refractivity contribution in [2.45, 2.75) is 18.2 Å². The molecular formula is C14H21FN2O3S. The summed E-state index contributed by atoms with van der Waals surface area (Å²) in [6.45, 7) is 4.44. The molecule has 1 heterocycles. The predicted molar refractivity (Wildman–Crippen MR) is 78.0 cm³/mol. The molecule has 0 radical (unpaired) electrons. The molecular weight excluding hydrogens is 295 g/mol. The van der Waals surface area contributed by atoms with Crippen molar-refractivity contribution in [1.29, 1.82) is 0 Å². The second-order valence-electron chi connectivity index (χ2n) is 5.23. The summed E-state index contributed by atoms with van der Waals surface area (Å²) in [5, 5.41) is 8.97. The van der Waals surface area contributed by atoms with Crippen LogP contribution in [0.15, 0.2) is 23.1 Å². The summed E-state index contributed by atoms with van der Waals surface area (Å²) in [6.07, 6.45) is 0.722. The minimum atomic E-state index is -3.59. The molecule has 1 fully saturated rings. The number of aliphatic hydroxyl groups excluding tert-OH is 1. The molecule has 118 valence electrons. The number of aryl methyl sites for hydroxylation is 1. The van der Waals surface area contributed by atoms with Gasteiger partial charge in [-0.05, 0) is 43.7 Å². The number of benzene rings is 1. The maximum Gasteiger partial charge on any atom is 0.243 e. The Balaban J connectivity index is 2.19. The molecule has 7 heteroatoms. The van der Waals surface area contributed by atoms with E-state index in [1.165, 1.54) is 22.5 Å². The lowest BCUT2D eigenvalue weighted by atomic mass is 10.2. The molecule has 0 saturated carbocycles. The third-order valence-electron chi connectivity index (χ3n) is 3.72. The summed E-state index contributed by atoms with van der Waals surface area (Å²) < 4.78 is 39.9. The highest BCUT2D eigenvalue weighted by atomic mass is 32.2. The summed E-state index contributed by atoms with van der Waals surface area (Å²) in [4.78, 5) is 2.21. The molecule has 1 aromatic carbocycles. The SMILES string of the molecule is Cc1cc(F)ccc1S(=O)(=O)N1CCCN(CCO)CC1. The molecule has 1 N–H and O–H groups in total. The van der Waals surface area contributed by atoms with E-state index in [1.807, 2.05) is 4.90 Å². The molecule has 1 aliphatic rings. The van der Waals surface area contributed by atoms with Crippen molar-refractivity contribution in [2.75, 3.05) is 39.3 Å². The van der Waals surface area contributed by atoms with Gasteiger partial charge >= 0.3 is 0 Å². The molecule has 0 unspecified atom stereocenters. The molecule has 0 bridgehead atoms. The van der Waals surface area contributed by atoms with E-state index < -0.39 is 15.8 Å². The van der Waals surface area contributed by atoms with Crippen molar-refractivity contribution >= 4 is 10.0 Å². The van der Waals surface area contributed by atoms with Gasteiger partial charge in [0.15, 0.2) is 0 Å². The Labute approximate surface area is 125 Å². The molecule has 21 heavy (non-hydrogen) atoms. The fourth-order valence-electron chi connectivity index (χ4n) is 2.59. The molecule has 2 rings (SSSR count). The summed E-state index contributed by atoms with van der Waals surface area (Å²) in [7, 11) is -3.59. The fourth-order valence-corrected chi connectivity index (χ4v) is 4.27. The lowest BCUT2D eigenvalue weighted by Crippen LogP contribution is -2.36. The third-order valence-corrected chi connectivity index (χ3v) is 5.78. The van der Waals surface area contributed by atoms with Crippen LogP contribution >= 0.6 is 0 Å². The number of halogens is 1. The van der Waals surface area contributed by atoms with Crippen molar-refractivity contribution in [3.8, 4) is 0 Å². The molecule has 5 nitrogen and oxygen atoms in total. The highest BCUT2D eigenvalue weighted by Crippen LogP contribution is 2.21. The number of β-amino-alcohol motifs (C(OH)–C–C–N with tert-alkyl or cyclic N) is 1. The van der Waals surface area contributed by atoms with Crippen molar-refractivity contribution in [3.05, 3.63) is 29.6 Å². The van der Waals surface area contributed by atoms with Crippen LogP contribution in [0.5, 0.6) is 0 Å². The number of nitrogens with zero attached hydrogens (tertiary/aromatic N) is 2. The summed E-state index contributed by atoms with van der Waals surface area (Å²) in [5.41, 5.74) is 0.423. The van der Waals surface area contributed by atoms with E-state index in [4.69, 9.17) is 5.11 Å². The highest BCUT2D eigenvalue weighted by molar-refractivity contribution is 7.89. The second-order valence-corrected chi connectivity index (χ2v) is 7.14. The first-order valence-corrected chi connectivity index (χ1v) is 8.48. The van der Waals surface area contributed by atoms with Gasteiger partial charge in [-0.3, -0.25) is 4.90 Å². The Morgan fingerprint density at radius 2 is 2.00 bits per heavy atom. The molecule has 0 aliphatic carbocycles. The van der Waals surface area contributed by atoms with Crippen LogP contribution in [0, 0.1) is 12.7 Å². The number of rotatable bonds is 4. The van der Waals surface area contributed by atoms with Gasteiger partial charge in [-0.1, -0.05) is 0 Å². The van der Waals surface area contributed by atoms with Crippen LogP contribution in [0.1, 0.15) is 12.0 Å². The van der Waals surface area contributed by atoms with E-state index >= 15 is 0 Å². The van der Waals surface area contributed by atoms with Crippen LogP contribution in [0.25, 0.3) is 0 Å². The van der Waals surface area contributed by atoms with Crippen molar-refractivity contribution in [3.63, 3.8) is 0 Å². The topological polar surface area (TPSA) is 60.9 Å². The van der Waals surface area contributed by atoms with Gasteiger partial charge in [-0.2, -0.15) is 4.31 Å². The van der Waals surface area contributed by atoms with Gasteiger partial charge in [-0.25, -0.2) is 12.8 Å². The summed E-state index contributed by atoms with van der Waals surface area (Å²) in [6, 6.07) is 3.74. The Bertz CT molecular complexity index is 592. The van der Waals surface area contributed by atoms with Crippen molar-refractivity contribution < 1.29 is 17.9 Å². The number of hydrogen-bond acceptors (Lipinski definition) is 4. The Kier molecular flexibility index (Phi) is 5.32. The maximum absolute atomic E-state index is 13.1. The maximum atomic E-state index is 13.1. The van der Waals surface area contributed by atoms with Crippen LogP contribution in [0.2, 0.25) is 0 Å². The Hall–Kier alpha value is -1.02. The molecule has 0 spiro atoms. The molecule has 1 saturated heterocycles. The fraction of sp³-hybridized carbons (Fsp3) is 0.571. The first kappa shape index (κ1) is 16.4. The van der Waals surface area contributed by atoms with Crippen molar-refractivity contribution in [2.24, 2.45) is 0 Å². The highest BCUT2D eigenvalue weighted by Gasteiger charge is 2.28. The van der Waals surface area contributed by atoms with Crippen molar-refractivity contribution in [1.82, 2.24) is 9.21 Å². The second kappa shape index (κ2) is 6.83. The van der Waals surface area contributed by atoms with E-state index in [1.54, 1.807) is 6.92 Å². The molecule has 0 aromatic heterocycles. The van der Waals surface area contributed by atoms with E-state index in [-0.39, 0.29) is 11.5 Å².